The van der Waals surface area contributed by atoms with E-state index in [1.54, 1.807) is 19.6 Å². The maximum atomic E-state index is 8.67. The van der Waals surface area contributed by atoms with Crippen LogP contribution in [0.2, 0.25) is 39.3 Å². The fourth-order valence-corrected chi connectivity index (χ4v) is 2.20. The molecule has 0 unspecified atom stereocenters. The van der Waals surface area contributed by atoms with Crippen molar-refractivity contribution in [3.63, 3.8) is 0 Å². The Hall–Kier alpha value is 1.05. The normalized spacial score (nSPS) is 14.5. The van der Waals surface area contributed by atoms with Crippen molar-refractivity contribution < 1.29 is 28.7 Å². The van der Waals surface area contributed by atoms with Crippen molar-refractivity contribution in [2.24, 2.45) is 0 Å². The van der Waals surface area contributed by atoms with Gasteiger partial charge in [-0.25, -0.2) is 0 Å². The van der Waals surface area contributed by atoms with Crippen LogP contribution in [0.25, 0.3) is 0 Å². The van der Waals surface area contributed by atoms with Crippen molar-refractivity contribution in [3.05, 3.63) is 0 Å². The van der Waals surface area contributed by atoms with Crippen LogP contribution in [0.3, 0.4) is 0 Å². The summed E-state index contributed by atoms with van der Waals surface area (Å²) in [5.41, 5.74) is 0. The monoisotopic (exact) mass is 310 g/mol. The van der Waals surface area contributed by atoms with Crippen molar-refractivity contribution in [1.82, 2.24) is 0 Å². The van der Waals surface area contributed by atoms with Gasteiger partial charge >= 0.3 is 58.2 Å². The third-order valence-electron chi connectivity index (χ3n) is 1.36. The SMILES string of the molecule is C[Si](C)(C)OP(O)O.C[Si](C)(C)[PH](O)(O)O. The molecule has 10 heteroatoms. The zero-order valence-corrected chi connectivity index (χ0v) is 14.5. The van der Waals surface area contributed by atoms with E-state index in [4.69, 9.17) is 28.7 Å². The Morgan fingerprint density at radius 3 is 1.12 bits per heavy atom. The fraction of sp³-hybridized carbons (Fsp3) is 1.00. The molecule has 0 atom stereocenters. The summed E-state index contributed by atoms with van der Waals surface area (Å²) in [4.78, 5) is 42.6. The predicted molar refractivity (Wildman–Crippen MR) is 74.1 cm³/mol. The summed E-state index contributed by atoms with van der Waals surface area (Å²) in [6, 6.07) is 0. The van der Waals surface area contributed by atoms with E-state index in [0.29, 0.717) is 0 Å². The van der Waals surface area contributed by atoms with Gasteiger partial charge in [0.2, 0.25) is 0 Å². The molecule has 0 rings (SSSR count). The first kappa shape index (κ1) is 19.4. The van der Waals surface area contributed by atoms with Gasteiger partial charge in [-0.1, -0.05) is 0 Å². The molecule has 0 amide bonds. The number of hydrogen-bond acceptors (Lipinski definition) is 6. The average molecular weight is 310 g/mol. The van der Waals surface area contributed by atoms with Crippen LogP contribution in [-0.2, 0) is 4.21 Å². The summed E-state index contributed by atoms with van der Waals surface area (Å²) in [5, 5.41) is 0. The van der Waals surface area contributed by atoms with Crippen molar-refractivity contribution in [3.8, 4) is 0 Å². The Labute approximate surface area is 100 Å². The van der Waals surface area contributed by atoms with E-state index in [9.17, 15) is 0 Å². The van der Waals surface area contributed by atoms with E-state index >= 15 is 0 Å². The molecule has 0 bridgehead atoms. The maximum absolute atomic E-state index is 8.67. The molecule has 0 aromatic heterocycles. The van der Waals surface area contributed by atoms with E-state index < -0.39 is 32.2 Å². The van der Waals surface area contributed by atoms with Gasteiger partial charge in [-0.15, -0.1) is 0 Å². The average Bonchev–Trinajstić information content (AvgIpc) is 1.74. The van der Waals surface area contributed by atoms with Gasteiger partial charge in [-0.3, -0.25) is 0 Å². The standard InChI is InChI=1S/C3H13O3PSi.C3H11O3PSi/c1-8(2,3)7(4,5)6;1-8(2,3)6-7(4)5/h4-7H,1-3H3;4-5H,1-3H3. The molecule has 0 saturated carbocycles. The van der Waals surface area contributed by atoms with Gasteiger partial charge in [0, 0.05) is 0 Å². The van der Waals surface area contributed by atoms with Gasteiger partial charge in [0.1, 0.15) is 0 Å². The van der Waals surface area contributed by atoms with E-state index in [2.05, 4.69) is 0 Å². The zero-order valence-electron chi connectivity index (χ0n) is 10.6. The molecule has 0 spiro atoms. The van der Waals surface area contributed by atoms with E-state index in [1.807, 2.05) is 19.6 Å². The van der Waals surface area contributed by atoms with Crippen LogP contribution in [0.4, 0.5) is 0 Å². The Balaban J connectivity index is 0. The van der Waals surface area contributed by atoms with E-state index in [0.717, 1.165) is 0 Å². The first-order valence-electron chi connectivity index (χ1n) is 4.71. The van der Waals surface area contributed by atoms with Crippen molar-refractivity contribution in [2.75, 3.05) is 0 Å². The van der Waals surface area contributed by atoms with Gasteiger partial charge in [0.15, 0.2) is 8.32 Å². The van der Waals surface area contributed by atoms with Crippen LogP contribution in [0.5, 0.6) is 0 Å². The third-order valence-corrected chi connectivity index (χ3v) is 12.3. The molecule has 0 aromatic rings. The molecule has 0 aliphatic rings. The van der Waals surface area contributed by atoms with Crippen LogP contribution in [-0.4, -0.2) is 40.5 Å². The second kappa shape index (κ2) is 6.85. The van der Waals surface area contributed by atoms with Crippen LogP contribution < -0.4 is 0 Å². The summed E-state index contributed by atoms with van der Waals surface area (Å²) in [6.07, 6.45) is 0. The Morgan fingerprint density at radius 1 is 0.875 bits per heavy atom. The molecule has 0 radical (unpaired) electrons. The molecule has 0 heterocycles. The summed E-state index contributed by atoms with van der Waals surface area (Å²) < 4.78 is 4.75. The summed E-state index contributed by atoms with van der Waals surface area (Å²) >= 11 is 0. The second-order valence-electron chi connectivity index (χ2n) is 5.34. The molecule has 0 aromatic carbocycles. The molecular formula is C6H24O6P2Si2. The fourth-order valence-electron chi connectivity index (χ4n) is 0.245. The van der Waals surface area contributed by atoms with Gasteiger partial charge in [-0.2, -0.15) is 0 Å². The molecule has 0 aliphatic carbocycles. The molecule has 0 saturated heterocycles. The molecule has 5 N–H and O–H groups in total. The number of hydrogen-bond donors (Lipinski definition) is 5. The summed E-state index contributed by atoms with van der Waals surface area (Å²) in [5.74, 6) is 0. The summed E-state index contributed by atoms with van der Waals surface area (Å²) in [7, 11) is -9.59. The van der Waals surface area contributed by atoms with Gasteiger partial charge < -0.3 is 14.0 Å². The van der Waals surface area contributed by atoms with Gasteiger partial charge in [0.25, 0.3) is 0 Å². The number of rotatable bonds is 3. The van der Waals surface area contributed by atoms with Crippen LogP contribution >= 0.6 is 16.1 Å². The van der Waals surface area contributed by atoms with Crippen molar-refractivity contribution in [2.45, 2.75) is 39.3 Å². The van der Waals surface area contributed by atoms with Gasteiger partial charge in [0.05, 0.1) is 0 Å². The predicted octanol–water partition coefficient (Wildman–Crippen LogP) is 1.34. The Morgan fingerprint density at radius 2 is 1.12 bits per heavy atom. The Bertz CT molecular complexity index is 183. The second-order valence-corrected chi connectivity index (χ2v) is 23.1. The molecule has 102 valence electrons. The van der Waals surface area contributed by atoms with Crippen LogP contribution in [0, 0.1) is 0 Å². The van der Waals surface area contributed by atoms with Crippen molar-refractivity contribution in [1.29, 1.82) is 0 Å². The van der Waals surface area contributed by atoms with Crippen LogP contribution in [0.15, 0.2) is 0 Å². The summed E-state index contributed by atoms with van der Waals surface area (Å²) in [6.45, 7) is 10.9. The molecular weight excluding hydrogens is 286 g/mol. The first-order chi connectivity index (χ1) is 6.67. The minimum absolute atomic E-state index is 1.69. The molecule has 16 heavy (non-hydrogen) atoms. The van der Waals surface area contributed by atoms with Gasteiger partial charge in [-0.05, 0) is 19.6 Å². The molecule has 6 nitrogen and oxygen atoms in total. The molecule has 0 fully saturated rings. The quantitative estimate of drug-likeness (QED) is 0.397. The minimum atomic E-state index is -3.72. The van der Waals surface area contributed by atoms with Crippen molar-refractivity contribution >= 4 is 32.2 Å². The first-order valence-corrected chi connectivity index (χ1v) is 15.6. The third kappa shape index (κ3) is 13.1. The van der Waals surface area contributed by atoms with E-state index in [-0.39, 0.29) is 0 Å². The zero-order chi connectivity index (χ0) is 13.8. The topological polar surface area (TPSA) is 110 Å². The van der Waals surface area contributed by atoms with E-state index in [1.165, 1.54) is 0 Å². The Kier molecular flexibility index (Phi) is 8.30. The molecule has 0 aliphatic heterocycles. The van der Waals surface area contributed by atoms with Crippen LogP contribution in [0.1, 0.15) is 0 Å².